The molecule has 0 aromatic heterocycles. The van der Waals surface area contributed by atoms with Crippen LogP contribution in [0, 0.1) is 0 Å². The number of carbonyl (C=O) groups is 4. The molecule has 0 bridgehead atoms. The number of rotatable bonds is 18. The molecular weight excluding hydrogens is 563 g/mol. The topological polar surface area (TPSA) is 112 Å². The van der Waals surface area contributed by atoms with Crippen molar-refractivity contribution in [3.05, 3.63) is 24.3 Å². The Morgan fingerprint density at radius 1 is 0.629 bits per heavy atom. The molecule has 35 heavy (non-hydrogen) atoms. The van der Waals surface area contributed by atoms with Crippen molar-refractivity contribution in [2.24, 2.45) is 0 Å². The molecule has 200 valence electrons. The van der Waals surface area contributed by atoms with E-state index in [0.717, 1.165) is 50.0 Å². The van der Waals surface area contributed by atoms with Crippen molar-refractivity contribution < 1.29 is 34.8 Å². The molecule has 0 saturated carbocycles. The minimum atomic E-state index is -4.22. The Morgan fingerprint density at radius 2 is 0.971 bits per heavy atom. The van der Waals surface area contributed by atoms with E-state index < -0.39 is 43.1 Å². The Labute approximate surface area is 214 Å². The van der Waals surface area contributed by atoms with Crippen LogP contribution in [0.4, 0.5) is 0 Å². The molecule has 0 aliphatic heterocycles. The third-order valence-corrected chi connectivity index (χ3v) is 14.3. The van der Waals surface area contributed by atoms with Gasteiger partial charge in [-0.05, 0) is 0 Å². The van der Waals surface area contributed by atoms with E-state index in [1.807, 2.05) is 51.8 Å². The average molecular weight is 605 g/mol. The summed E-state index contributed by atoms with van der Waals surface area (Å²) in [5, 5.41) is 0. The van der Waals surface area contributed by atoms with Crippen molar-refractivity contribution in [3.63, 3.8) is 0 Å². The van der Waals surface area contributed by atoms with E-state index in [1.165, 1.54) is 0 Å². The van der Waals surface area contributed by atoms with Crippen LogP contribution < -0.4 is 0 Å². The van der Waals surface area contributed by atoms with Crippen molar-refractivity contribution in [2.45, 2.75) is 48.4 Å². The number of likely N-dealkylation sites (N-methyl/N-ethyl adjacent to an activating group) is 2. The van der Waals surface area contributed by atoms with Gasteiger partial charge in [0.25, 0.3) is 0 Å². The van der Waals surface area contributed by atoms with Gasteiger partial charge in [0.2, 0.25) is 0 Å². The predicted molar refractivity (Wildman–Crippen MR) is 135 cm³/mol. The molecule has 0 aromatic carbocycles. The van der Waals surface area contributed by atoms with Crippen LogP contribution in [0.1, 0.15) is 39.5 Å². The SMILES string of the molecule is CCC[CH2][Sn]([CH2]CCC)([O]C(=O)/C=C/C(=O)OCCN(C)C)[O]C(=O)/C=C/C(=O)OCCN(C)C. The Morgan fingerprint density at radius 3 is 1.29 bits per heavy atom. The number of hydrogen-bond acceptors (Lipinski definition) is 10. The molecule has 0 aromatic rings. The van der Waals surface area contributed by atoms with Gasteiger partial charge >= 0.3 is 215 Å². The summed E-state index contributed by atoms with van der Waals surface area (Å²) in [6, 6.07) is 0. The molecule has 10 nitrogen and oxygen atoms in total. The van der Waals surface area contributed by atoms with Crippen LogP contribution in [0.15, 0.2) is 24.3 Å². The summed E-state index contributed by atoms with van der Waals surface area (Å²) in [6.07, 6.45) is 7.17. The molecule has 0 heterocycles. The molecule has 0 amide bonds. The van der Waals surface area contributed by atoms with Crippen molar-refractivity contribution >= 4 is 43.1 Å². The quantitative estimate of drug-likeness (QED) is 0.131. The first-order valence-corrected chi connectivity index (χ1v) is 18.3. The maximum absolute atomic E-state index is 12.5. The van der Waals surface area contributed by atoms with Gasteiger partial charge < -0.3 is 0 Å². The summed E-state index contributed by atoms with van der Waals surface area (Å²) < 4.78 is 22.6. The van der Waals surface area contributed by atoms with E-state index in [9.17, 15) is 19.2 Å². The van der Waals surface area contributed by atoms with E-state index in [1.54, 1.807) is 0 Å². The van der Waals surface area contributed by atoms with Gasteiger partial charge in [-0.25, -0.2) is 0 Å². The van der Waals surface area contributed by atoms with Crippen LogP contribution in [0.25, 0.3) is 0 Å². The molecule has 0 aliphatic rings. The first-order valence-electron chi connectivity index (χ1n) is 12.0. The fraction of sp³-hybridized carbons (Fsp3) is 0.667. The zero-order chi connectivity index (χ0) is 26.7. The molecule has 0 radical (unpaired) electrons. The number of ether oxygens (including phenoxy) is 2. The standard InChI is InChI=1S/2C8H13NO4.2C4H9.Sn/c2*1-9(2)5-6-13-8(12)4-3-7(10)11;2*1-3-4-2;/h2*3-4H,5-6H2,1-2H3,(H,10,11);2*1,3-4H2,2H3;/q;;;;+2/p-2/b2*4-3+;;;. The van der Waals surface area contributed by atoms with Crippen LogP contribution in [0.3, 0.4) is 0 Å². The normalized spacial score (nSPS) is 11.9. The number of esters is 2. The van der Waals surface area contributed by atoms with E-state index in [0.29, 0.717) is 22.0 Å². The zero-order valence-corrected chi connectivity index (χ0v) is 24.9. The second-order valence-electron chi connectivity index (χ2n) is 8.57. The van der Waals surface area contributed by atoms with E-state index >= 15 is 0 Å². The summed E-state index contributed by atoms with van der Waals surface area (Å²) in [5.41, 5.74) is 0. The maximum atomic E-state index is 12.5. The molecule has 0 rings (SSSR count). The number of hydrogen-bond donors (Lipinski definition) is 0. The number of carbonyl (C=O) groups excluding carboxylic acids is 4. The zero-order valence-electron chi connectivity index (χ0n) is 22.0. The Hall–Kier alpha value is -1.92. The van der Waals surface area contributed by atoms with E-state index in [2.05, 4.69) is 0 Å². The van der Waals surface area contributed by atoms with Crippen LogP contribution in [0.2, 0.25) is 8.87 Å². The van der Waals surface area contributed by atoms with Crippen LogP contribution in [0.5, 0.6) is 0 Å². The van der Waals surface area contributed by atoms with Crippen molar-refractivity contribution in [2.75, 3.05) is 54.5 Å². The number of nitrogens with zero attached hydrogens (tertiary/aromatic N) is 2. The van der Waals surface area contributed by atoms with Gasteiger partial charge in [-0.1, -0.05) is 0 Å². The molecule has 0 unspecified atom stereocenters. The van der Waals surface area contributed by atoms with Gasteiger partial charge in [-0.3, -0.25) is 0 Å². The van der Waals surface area contributed by atoms with Crippen molar-refractivity contribution in [1.82, 2.24) is 9.80 Å². The van der Waals surface area contributed by atoms with Gasteiger partial charge in [0.15, 0.2) is 0 Å². The molecule has 11 heteroatoms. The van der Waals surface area contributed by atoms with Gasteiger partial charge in [0.05, 0.1) is 0 Å². The first-order chi connectivity index (χ1) is 16.5. The molecular formula is C24H42N2O8Sn. The van der Waals surface area contributed by atoms with Crippen LogP contribution in [-0.2, 0) is 34.8 Å². The molecule has 0 fully saturated rings. The summed E-state index contributed by atoms with van der Waals surface area (Å²) in [5.74, 6) is -2.78. The Balaban J connectivity index is 5.25. The second-order valence-corrected chi connectivity index (χ2v) is 17.8. The second kappa shape index (κ2) is 19.3. The van der Waals surface area contributed by atoms with Gasteiger partial charge in [-0.15, -0.1) is 0 Å². The number of unbranched alkanes of at least 4 members (excludes halogenated alkanes) is 2. The fourth-order valence-corrected chi connectivity index (χ4v) is 12.3. The monoisotopic (exact) mass is 606 g/mol. The Bertz CT molecular complexity index is 662. The summed E-state index contributed by atoms with van der Waals surface area (Å²) in [6.45, 7) is 5.50. The summed E-state index contributed by atoms with van der Waals surface area (Å²) >= 11 is -4.22. The van der Waals surface area contributed by atoms with E-state index in [4.69, 9.17) is 15.6 Å². The summed E-state index contributed by atoms with van der Waals surface area (Å²) in [7, 11) is 7.41. The molecule has 0 atom stereocenters. The van der Waals surface area contributed by atoms with E-state index in [-0.39, 0.29) is 13.2 Å². The third kappa shape index (κ3) is 18.1. The predicted octanol–water partition coefficient (Wildman–Crippen LogP) is 2.44. The van der Waals surface area contributed by atoms with Crippen LogP contribution >= 0.6 is 0 Å². The average Bonchev–Trinajstić information content (AvgIpc) is 2.78. The fourth-order valence-electron chi connectivity index (χ4n) is 2.70. The first kappa shape index (κ1) is 33.1. The van der Waals surface area contributed by atoms with Crippen molar-refractivity contribution in [3.8, 4) is 0 Å². The molecule has 0 spiro atoms. The van der Waals surface area contributed by atoms with Gasteiger partial charge in [0.1, 0.15) is 0 Å². The van der Waals surface area contributed by atoms with Crippen molar-refractivity contribution in [1.29, 1.82) is 0 Å². The van der Waals surface area contributed by atoms with Gasteiger partial charge in [-0.2, -0.15) is 0 Å². The summed E-state index contributed by atoms with van der Waals surface area (Å²) in [4.78, 5) is 52.4. The Kier molecular flexibility index (Phi) is 18.2. The molecule has 0 saturated heterocycles. The van der Waals surface area contributed by atoms with Gasteiger partial charge in [0, 0.05) is 0 Å². The molecule has 0 aliphatic carbocycles. The molecule has 0 N–H and O–H groups in total. The minimum absolute atomic E-state index is 0.197. The third-order valence-electron chi connectivity index (χ3n) is 4.67. The van der Waals surface area contributed by atoms with Crippen LogP contribution in [-0.4, -0.2) is 107 Å².